The van der Waals surface area contributed by atoms with Crippen LogP contribution in [-0.4, -0.2) is 14.4 Å². The number of hydrogen-bond acceptors (Lipinski definition) is 3. The number of rotatable bonds is 3. The molecule has 0 bridgehead atoms. The van der Waals surface area contributed by atoms with Gasteiger partial charge in [-0.3, -0.25) is 0 Å². The van der Waals surface area contributed by atoms with Gasteiger partial charge in [0.05, 0.1) is 4.90 Å². The van der Waals surface area contributed by atoms with Crippen LogP contribution in [0.25, 0.3) is 0 Å². The predicted molar refractivity (Wildman–Crippen MR) is 65.3 cm³/mol. The molecule has 0 saturated heterocycles. The molecule has 0 saturated carbocycles. The molecule has 0 spiro atoms. The summed E-state index contributed by atoms with van der Waals surface area (Å²) >= 11 is 2.07. The Morgan fingerprint density at radius 1 is 1.27 bits per heavy atom. The summed E-state index contributed by atoms with van der Waals surface area (Å²) in [6.07, 6.45) is 0. The van der Waals surface area contributed by atoms with Gasteiger partial charge < -0.3 is 11.5 Å². The fourth-order valence-corrected chi connectivity index (χ4v) is 1.96. The number of benzene rings is 1. The van der Waals surface area contributed by atoms with E-state index in [1.54, 1.807) is 12.1 Å². The molecular formula is C7H9IN4O2S. The summed E-state index contributed by atoms with van der Waals surface area (Å²) < 4.78 is 24.0. The molecular weight excluding hydrogens is 331 g/mol. The molecule has 5 N–H and O–H groups in total. The van der Waals surface area contributed by atoms with Crippen molar-refractivity contribution < 1.29 is 8.42 Å². The Bertz CT molecular complexity index is 464. The van der Waals surface area contributed by atoms with Crippen molar-refractivity contribution in [1.82, 2.24) is 4.83 Å². The second-order valence-electron chi connectivity index (χ2n) is 2.59. The van der Waals surface area contributed by atoms with E-state index in [4.69, 9.17) is 11.5 Å². The highest BCUT2D eigenvalue weighted by molar-refractivity contribution is 14.1. The van der Waals surface area contributed by atoms with E-state index in [1.807, 2.05) is 4.83 Å². The van der Waals surface area contributed by atoms with Crippen molar-refractivity contribution in [2.75, 3.05) is 0 Å². The highest BCUT2D eigenvalue weighted by atomic mass is 127. The van der Waals surface area contributed by atoms with Crippen molar-refractivity contribution in [3.05, 3.63) is 27.8 Å². The molecule has 82 valence electrons. The summed E-state index contributed by atoms with van der Waals surface area (Å²) in [5, 5.41) is 3.23. The molecule has 1 rings (SSSR count). The standard InChI is InChI=1S/C7H9IN4O2S/c8-5-1-3-6(4-2-5)15(13,14)12-11-7(9)10/h1-4,12H,(H4,9,10,11). The first kappa shape index (κ1) is 12.0. The van der Waals surface area contributed by atoms with Gasteiger partial charge in [-0.1, -0.05) is 0 Å². The SMILES string of the molecule is NC(N)=NNS(=O)(=O)c1ccc(I)cc1. The van der Waals surface area contributed by atoms with E-state index in [1.165, 1.54) is 12.1 Å². The summed E-state index contributed by atoms with van der Waals surface area (Å²) in [7, 11) is -3.67. The van der Waals surface area contributed by atoms with Gasteiger partial charge in [0.1, 0.15) is 0 Å². The number of guanidine groups is 1. The van der Waals surface area contributed by atoms with E-state index in [9.17, 15) is 8.42 Å². The number of nitrogens with two attached hydrogens (primary N) is 2. The summed E-state index contributed by atoms with van der Waals surface area (Å²) in [5.74, 6) is -0.343. The lowest BCUT2D eigenvalue weighted by Gasteiger charge is -2.03. The van der Waals surface area contributed by atoms with E-state index in [0.29, 0.717) is 0 Å². The normalized spacial score (nSPS) is 10.7. The average molecular weight is 340 g/mol. The number of nitrogens with zero attached hydrogens (tertiary/aromatic N) is 1. The third-order valence-corrected chi connectivity index (χ3v) is 3.36. The van der Waals surface area contributed by atoms with E-state index < -0.39 is 10.0 Å². The van der Waals surface area contributed by atoms with Gasteiger partial charge in [0.25, 0.3) is 10.0 Å². The average Bonchev–Trinajstić information content (AvgIpc) is 2.16. The molecule has 6 nitrogen and oxygen atoms in total. The van der Waals surface area contributed by atoms with Crippen molar-refractivity contribution in [3.63, 3.8) is 0 Å². The summed E-state index contributed by atoms with van der Waals surface area (Å²) in [6, 6.07) is 6.27. The van der Waals surface area contributed by atoms with E-state index in [2.05, 4.69) is 27.7 Å². The minimum absolute atomic E-state index is 0.105. The van der Waals surface area contributed by atoms with Gasteiger partial charge in [0, 0.05) is 3.57 Å². The Morgan fingerprint density at radius 3 is 2.27 bits per heavy atom. The lowest BCUT2D eigenvalue weighted by molar-refractivity contribution is 0.584. The Balaban J connectivity index is 2.97. The van der Waals surface area contributed by atoms with Gasteiger partial charge in [0.2, 0.25) is 5.96 Å². The number of hydrazone groups is 1. The first-order chi connectivity index (χ1) is 6.92. The van der Waals surface area contributed by atoms with Gasteiger partial charge in [0.15, 0.2) is 0 Å². The van der Waals surface area contributed by atoms with Crippen molar-refractivity contribution >= 4 is 38.6 Å². The van der Waals surface area contributed by atoms with Crippen molar-refractivity contribution in [2.24, 2.45) is 16.6 Å². The third kappa shape index (κ3) is 3.55. The van der Waals surface area contributed by atoms with Crippen LogP contribution in [0.5, 0.6) is 0 Å². The van der Waals surface area contributed by atoms with Gasteiger partial charge >= 0.3 is 0 Å². The van der Waals surface area contributed by atoms with Crippen LogP contribution in [0.3, 0.4) is 0 Å². The number of hydrogen-bond donors (Lipinski definition) is 3. The Morgan fingerprint density at radius 2 is 1.80 bits per heavy atom. The molecule has 8 heteroatoms. The molecule has 0 aliphatic heterocycles. The van der Waals surface area contributed by atoms with Crippen LogP contribution < -0.4 is 16.3 Å². The van der Waals surface area contributed by atoms with Gasteiger partial charge in [-0.2, -0.15) is 13.2 Å². The minimum Gasteiger partial charge on any atom is -0.369 e. The number of sulfonamides is 1. The topological polar surface area (TPSA) is 111 Å². The van der Waals surface area contributed by atoms with Gasteiger partial charge in [-0.25, -0.2) is 0 Å². The zero-order chi connectivity index (χ0) is 11.5. The second-order valence-corrected chi connectivity index (χ2v) is 5.49. The van der Waals surface area contributed by atoms with Crippen LogP contribution in [0.15, 0.2) is 34.3 Å². The lowest BCUT2D eigenvalue weighted by atomic mass is 10.4. The second kappa shape index (κ2) is 4.66. The lowest BCUT2D eigenvalue weighted by Crippen LogP contribution is -2.29. The Hall–Kier alpha value is -1.03. The molecule has 0 heterocycles. The molecule has 1 aromatic carbocycles. The van der Waals surface area contributed by atoms with Crippen LogP contribution in [0.4, 0.5) is 0 Å². The monoisotopic (exact) mass is 340 g/mol. The molecule has 15 heavy (non-hydrogen) atoms. The van der Waals surface area contributed by atoms with Crippen molar-refractivity contribution in [2.45, 2.75) is 4.90 Å². The Kier molecular flexibility index (Phi) is 3.74. The smallest absolute Gasteiger partial charge is 0.276 e. The highest BCUT2D eigenvalue weighted by Gasteiger charge is 2.12. The zero-order valence-electron chi connectivity index (χ0n) is 7.51. The molecule has 1 aromatic rings. The predicted octanol–water partition coefficient (Wildman–Crippen LogP) is -0.242. The summed E-state index contributed by atoms with van der Waals surface area (Å²) in [5.41, 5.74) is 10.0. The maximum absolute atomic E-state index is 11.5. The van der Waals surface area contributed by atoms with Crippen LogP contribution in [0.1, 0.15) is 0 Å². The Labute approximate surface area is 101 Å². The fourth-order valence-electron chi connectivity index (χ4n) is 0.779. The summed E-state index contributed by atoms with van der Waals surface area (Å²) in [6.45, 7) is 0. The van der Waals surface area contributed by atoms with Gasteiger partial charge in [-0.15, -0.1) is 5.10 Å². The maximum Gasteiger partial charge on any atom is 0.276 e. The van der Waals surface area contributed by atoms with E-state index in [-0.39, 0.29) is 10.9 Å². The zero-order valence-corrected chi connectivity index (χ0v) is 10.5. The van der Waals surface area contributed by atoms with Crippen molar-refractivity contribution in [1.29, 1.82) is 0 Å². The molecule has 0 atom stereocenters. The minimum atomic E-state index is -3.67. The quantitative estimate of drug-likeness (QED) is 0.305. The molecule has 0 radical (unpaired) electrons. The first-order valence-corrected chi connectivity index (χ1v) is 6.34. The molecule has 0 fully saturated rings. The summed E-state index contributed by atoms with van der Waals surface area (Å²) in [4.78, 5) is 2.01. The molecule has 0 aliphatic rings. The molecule has 0 amide bonds. The maximum atomic E-state index is 11.5. The fraction of sp³-hybridized carbons (Fsp3) is 0. The van der Waals surface area contributed by atoms with E-state index in [0.717, 1.165) is 3.57 Å². The number of nitrogens with one attached hydrogen (secondary N) is 1. The number of halogens is 1. The molecule has 0 unspecified atom stereocenters. The van der Waals surface area contributed by atoms with Crippen molar-refractivity contribution in [3.8, 4) is 0 Å². The largest absolute Gasteiger partial charge is 0.369 e. The third-order valence-electron chi connectivity index (χ3n) is 1.42. The van der Waals surface area contributed by atoms with E-state index >= 15 is 0 Å². The molecule has 0 aliphatic carbocycles. The molecule has 0 aromatic heterocycles. The van der Waals surface area contributed by atoms with Gasteiger partial charge in [-0.05, 0) is 46.9 Å². The highest BCUT2D eigenvalue weighted by Crippen LogP contribution is 2.11. The van der Waals surface area contributed by atoms with Crippen LogP contribution in [-0.2, 0) is 10.0 Å². The van der Waals surface area contributed by atoms with Crippen LogP contribution in [0.2, 0.25) is 0 Å². The van der Waals surface area contributed by atoms with Crippen LogP contribution in [0, 0.1) is 3.57 Å². The first-order valence-electron chi connectivity index (χ1n) is 3.78. The van der Waals surface area contributed by atoms with Crippen LogP contribution >= 0.6 is 22.6 Å².